The molecule has 3 aromatic rings. The number of tetrazole rings is 1. The van der Waals surface area contributed by atoms with Gasteiger partial charge in [-0.2, -0.15) is 4.68 Å². The molecule has 0 radical (unpaired) electrons. The van der Waals surface area contributed by atoms with Crippen LogP contribution in [-0.4, -0.2) is 31.4 Å². The minimum absolute atomic E-state index is 0.170. The quantitative estimate of drug-likeness (QED) is 0.689. The fourth-order valence-corrected chi connectivity index (χ4v) is 3.10. The molecule has 25 heavy (non-hydrogen) atoms. The molecule has 0 saturated carbocycles. The maximum absolute atomic E-state index is 12.4. The van der Waals surface area contributed by atoms with Crippen molar-refractivity contribution in [3.63, 3.8) is 0 Å². The van der Waals surface area contributed by atoms with Crippen molar-refractivity contribution in [2.75, 3.05) is 5.32 Å². The standard InChI is InChI=1S/C17H16ClN5OS/c1-11-7-9-13(10-8-11)23-17(20-21-22-23)25-12(2)16(24)19-15-6-4-3-5-14(15)18/h3-10,12H,1-2H3,(H,19,24)/t12-/m0/s1. The summed E-state index contributed by atoms with van der Waals surface area (Å²) in [5.41, 5.74) is 2.58. The highest BCUT2D eigenvalue weighted by Crippen LogP contribution is 2.26. The molecule has 1 atom stereocenters. The van der Waals surface area contributed by atoms with Crippen molar-refractivity contribution in [2.45, 2.75) is 24.3 Å². The second-order valence-corrected chi connectivity index (χ2v) is 7.15. The Balaban J connectivity index is 1.72. The summed E-state index contributed by atoms with van der Waals surface area (Å²) in [6, 6.07) is 15.0. The Kier molecular flexibility index (Phi) is 5.35. The Morgan fingerprint density at radius 1 is 1.20 bits per heavy atom. The molecule has 3 rings (SSSR count). The number of nitrogens with one attached hydrogen (secondary N) is 1. The van der Waals surface area contributed by atoms with Gasteiger partial charge in [0.15, 0.2) is 0 Å². The van der Waals surface area contributed by atoms with E-state index in [0.717, 1.165) is 11.3 Å². The van der Waals surface area contributed by atoms with E-state index in [2.05, 4.69) is 20.8 Å². The number of para-hydroxylation sites is 1. The van der Waals surface area contributed by atoms with Gasteiger partial charge in [0.05, 0.1) is 21.6 Å². The highest BCUT2D eigenvalue weighted by atomic mass is 35.5. The van der Waals surface area contributed by atoms with E-state index >= 15 is 0 Å². The van der Waals surface area contributed by atoms with Crippen LogP contribution in [0, 0.1) is 6.92 Å². The molecule has 128 valence electrons. The van der Waals surface area contributed by atoms with Gasteiger partial charge in [0.1, 0.15) is 0 Å². The average Bonchev–Trinajstić information content (AvgIpc) is 3.05. The van der Waals surface area contributed by atoms with Crippen molar-refractivity contribution < 1.29 is 4.79 Å². The highest BCUT2D eigenvalue weighted by Gasteiger charge is 2.20. The Hall–Kier alpha value is -2.38. The Labute approximate surface area is 154 Å². The van der Waals surface area contributed by atoms with E-state index in [1.807, 2.05) is 43.3 Å². The number of aryl methyl sites for hydroxylation is 1. The SMILES string of the molecule is Cc1ccc(-n2nnnc2S[C@@H](C)C(=O)Nc2ccccc2Cl)cc1. The maximum Gasteiger partial charge on any atom is 0.237 e. The van der Waals surface area contributed by atoms with Crippen molar-refractivity contribution in [1.82, 2.24) is 20.2 Å². The number of rotatable bonds is 5. The third-order valence-electron chi connectivity index (χ3n) is 3.50. The predicted octanol–water partition coefficient (Wildman–Crippen LogP) is 3.74. The first-order chi connectivity index (χ1) is 12.0. The fourth-order valence-electron chi connectivity index (χ4n) is 2.11. The first kappa shape index (κ1) is 17.4. The van der Waals surface area contributed by atoms with E-state index in [-0.39, 0.29) is 5.91 Å². The molecule has 0 fully saturated rings. The minimum atomic E-state index is -0.397. The number of hydrogen-bond acceptors (Lipinski definition) is 5. The third-order valence-corrected chi connectivity index (χ3v) is 4.87. The van der Waals surface area contributed by atoms with Gasteiger partial charge in [-0.1, -0.05) is 53.2 Å². The lowest BCUT2D eigenvalue weighted by Crippen LogP contribution is -2.23. The fraction of sp³-hybridized carbons (Fsp3) is 0.176. The van der Waals surface area contributed by atoms with Crippen LogP contribution in [0.3, 0.4) is 0 Å². The van der Waals surface area contributed by atoms with Crippen LogP contribution in [-0.2, 0) is 4.79 Å². The van der Waals surface area contributed by atoms with E-state index in [0.29, 0.717) is 15.9 Å². The third kappa shape index (κ3) is 4.18. The molecule has 2 aromatic carbocycles. The Morgan fingerprint density at radius 2 is 1.92 bits per heavy atom. The lowest BCUT2D eigenvalue weighted by atomic mass is 10.2. The molecule has 1 amide bonds. The Morgan fingerprint density at radius 3 is 2.64 bits per heavy atom. The number of carbonyl (C=O) groups is 1. The van der Waals surface area contributed by atoms with Gasteiger partial charge in [-0.05, 0) is 48.5 Å². The lowest BCUT2D eigenvalue weighted by molar-refractivity contribution is -0.115. The molecular formula is C17H16ClN5OS. The summed E-state index contributed by atoms with van der Waals surface area (Å²) in [5.74, 6) is -0.170. The number of benzene rings is 2. The summed E-state index contributed by atoms with van der Waals surface area (Å²) in [7, 11) is 0. The van der Waals surface area contributed by atoms with E-state index in [1.165, 1.54) is 11.8 Å². The van der Waals surface area contributed by atoms with Crippen LogP contribution in [0.5, 0.6) is 0 Å². The summed E-state index contributed by atoms with van der Waals surface area (Å²) >= 11 is 7.36. The van der Waals surface area contributed by atoms with Crippen molar-refractivity contribution in [1.29, 1.82) is 0 Å². The number of aromatic nitrogens is 4. The molecule has 0 aliphatic rings. The smallest absolute Gasteiger partial charge is 0.237 e. The monoisotopic (exact) mass is 373 g/mol. The molecule has 0 bridgehead atoms. The zero-order valence-corrected chi connectivity index (χ0v) is 15.3. The number of halogens is 1. The molecule has 1 heterocycles. The zero-order chi connectivity index (χ0) is 17.8. The van der Waals surface area contributed by atoms with Crippen molar-refractivity contribution in [3.05, 3.63) is 59.1 Å². The summed E-state index contributed by atoms with van der Waals surface area (Å²) in [6.07, 6.45) is 0. The molecule has 0 saturated heterocycles. The normalized spacial score (nSPS) is 12.0. The van der Waals surface area contributed by atoms with Crippen LogP contribution in [0.2, 0.25) is 5.02 Å². The van der Waals surface area contributed by atoms with E-state index < -0.39 is 5.25 Å². The Bertz CT molecular complexity index is 881. The number of thioether (sulfide) groups is 1. The van der Waals surface area contributed by atoms with Gasteiger partial charge < -0.3 is 5.32 Å². The second-order valence-electron chi connectivity index (χ2n) is 5.44. The van der Waals surface area contributed by atoms with Crippen LogP contribution in [0.25, 0.3) is 5.69 Å². The van der Waals surface area contributed by atoms with Gasteiger partial charge in [-0.3, -0.25) is 4.79 Å². The van der Waals surface area contributed by atoms with Gasteiger partial charge in [-0.25, -0.2) is 0 Å². The number of hydrogen-bond donors (Lipinski definition) is 1. The maximum atomic E-state index is 12.4. The van der Waals surface area contributed by atoms with Crippen molar-refractivity contribution in [2.24, 2.45) is 0 Å². The molecule has 0 aliphatic carbocycles. The number of nitrogens with zero attached hydrogens (tertiary/aromatic N) is 4. The van der Waals surface area contributed by atoms with Crippen LogP contribution in [0.4, 0.5) is 5.69 Å². The molecule has 1 N–H and O–H groups in total. The summed E-state index contributed by atoms with van der Waals surface area (Å²) in [6.45, 7) is 3.81. The van der Waals surface area contributed by atoms with E-state index in [1.54, 1.807) is 23.7 Å². The topological polar surface area (TPSA) is 72.7 Å². The summed E-state index contributed by atoms with van der Waals surface area (Å²) in [5, 5.41) is 15.2. The molecule has 6 nitrogen and oxygen atoms in total. The van der Waals surface area contributed by atoms with Gasteiger partial charge in [0, 0.05) is 0 Å². The largest absolute Gasteiger partial charge is 0.324 e. The number of anilines is 1. The van der Waals surface area contributed by atoms with Crippen molar-refractivity contribution >= 4 is 35.0 Å². The second kappa shape index (κ2) is 7.67. The highest BCUT2D eigenvalue weighted by molar-refractivity contribution is 8.00. The van der Waals surface area contributed by atoms with Gasteiger partial charge in [0.25, 0.3) is 0 Å². The first-order valence-electron chi connectivity index (χ1n) is 7.62. The number of carbonyl (C=O) groups excluding carboxylic acids is 1. The van der Waals surface area contributed by atoms with Gasteiger partial charge in [-0.15, -0.1) is 5.10 Å². The lowest BCUT2D eigenvalue weighted by Gasteiger charge is -2.12. The van der Waals surface area contributed by atoms with Gasteiger partial charge in [0.2, 0.25) is 11.1 Å². The zero-order valence-electron chi connectivity index (χ0n) is 13.7. The van der Waals surface area contributed by atoms with Gasteiger partial charge >= 0.3 is 0 Å². The van der Waals surface area contributed by atoms with Crippen LogP contribution in [0.15, 0.2) is 53.7 Å². The van der Waals surface area contributed by atoms with Crippen LogP contribution in [0.1, 0.15) is 12.5 Å². The molecule has 1 aromatic heterocycles. The summed E-state index contributed by atoms with van der Waals surface area (Å²) < 4.78 is 1.61. The molecule has 0 spiro atoms. The average molecular weight is 374 g/mol. The van der Waals surface area contributed by atoms with E-state index in [9.17, 15) is 4.79 Å². The molecule has 0 aliphatic heterocycles. The first-order valence-corrected chi connectivity index (χ1v) is 8.88. The minimum Gasteiger partial charge on any atom is -0.324 e. The molecule has 0 unspecified atom stereocenters. The van der Waals surface area contributed by atoms with E-state index in [4.69, 9.17) is 11.6 Å². The summed E-state index contributed by atoms with van der Waals surface area (Å²) in [4.78, 5) is 12.4. The molecular weight excluding hydrogens is 358 g/mol. The number of amides is 1. The predicted molar refractivity (Wildman–Crippen MR) is 99.3 cm³/mol. The van der Waals surface area contributed by atoms with Crippen LogP contribution < -0.4 is 5.32 Å². The van der Waals surface area contributed by atoms with Crippen LogP contribution >= 0.6 is 23.4 Å². The molecule has 8 heteroatoms. The van der Waals surface area contributed by atoms with Crippen molar-refractivity contribution in [3.8, 4) is 5.69 Å².